The lowest BCUT2D eigenvalue weighted by Gasteiger charge is -2.26. The Labute approximate surface area is 226 Å². The number of hydrogen-bond donors (Lipinski definition) is 2. The first-order valence-corrected chi connectivity index (χ1v) is 13.5. The maximum atomic E-state index is 13.2. The van der Waals surface area contributed by atoms with Crippen LogP contribution in [-0.2, 0) is 11.2 Å². The highest BCUT2D eigenvalue weighted by molar-refractivity contribution is 7.22. The molecular weight excluding hydrogens is 503 g/mol. The first kappa shape index (κ1) is 28.9. The number of hydrogen-bond acceptors (Lipinski definition) is 6. The third kappa shape index (κ3) is 7.66. The van der Waals surface area contributed by atoms with Gasteiger partial charge in [-0.05, 0) is 60.9 Å². The minimum Gasteiger partial charge on any atom is -0.377 e. The van der Waals surface area contributed by atoms with Gasteiger partial charge in [0.25, 0.3) is 0 Å². The molecule has 2 N–H and O–H groups in total. The van der Waals surface area contributed by atoms with E-state index in [0.717, 1.165) is 35.2 Å². The van der Waals surface area contributed by atoms with Gasteiger partial charge >= 0.3 is 6.03 Å². The molecule has 1 aliphatic rings. The minimum absolute atomic E-state index is 0.0651. The number of nitrogens with zero attached hydrogens (tertiary/aromatic N) is 2. The highest BCUT2D eigenvalue weighted by atomic mass is 32.1. The van der Waals surface area contributed by atoms with Crippen molar-refractivity contribution >= 4 is 39.6 Å². The third-order valence-corrected chi connectivity index (χ3v) is 6.81. The number of carbonyl (C=O) groups is 2. The van der Waals surface area contributed by atoms with Crippen molar-refractivity contribution < 1.29 is 18.7 Å². The molecule has 5 rings (SSSR count). The van der Waals surface area contributed by atoms with Crippen molar-refractivity contribution in [3.8, 4) is 10.6 Å². The molecule has 2 amide bonds. The smallest absolute Gasteiger partial charge is 0.319 e. The van der Waals surface area contributed by atoms with Gasteiger partial charge in [0, 0.05) is 23.6 Å². The molecule has 1 saturated heterocycles. The minimum atomic E-state index is -0.337. The molecule has 1 fully saturated rings. The van der Waals surface area contributed by atoms with Crippen LogP contribution in [0.2, 0.25) is 0 Å². The fourth-order valence-electron chi connectivity index (χ4n) is 3.55. The molecule has 4 heterocycles. The molecule has 0 aliphatic carbocycles. The first-order chi connectivity index (χ1) is 18.5. The number of benzene rings is 1. The van der Waals surface area contributed by atoms with Gasteiger partial charge < -0.3 is 15.4 Å². The molecule has 0 unspecified atom stereocenters. The zero-order chi connectivity index (χ0) is 27.5. The number of fused-ring (bicyclic) bond motifs is 1. The van der Waals surface area contributed by atoms with Crippen LogP contribution in [0.3, 0.4) is 0 Å². The summed E-state index contributed by atoms with van der Waals surface area (Å²) < 4.78 is 19.3. The number of ether oxygens (including phenoxy) is 1. The summed E-state index contributed by atoms with van der Waals surface area (Å²) in [7, 11) is 0. The van der Waals surface area contributed by atoms with Crippen molar-refractivity contribution in [2.45, 2.75) is 46.6 Å². The van der Waals surface area contributed by atoms with E-state index in [2.05, 4.69) is 39.7 Å². The van der Waals surface area contributed by atoms with Crippen molar-refractivity contribution in [1.82, 2.24) is 15.3 Å². The Hall–Kier alpha value is -3.69. The molecule has 0 radical (unpaired) electrons. The summed E-state index contributed by atoms with van der Waals surface area (Å²) in [5, 5.41) is 5.26. The number of urea groups is 1. The number of amides is 2. The van der Waals surface area contributed by atoms with Crippen LogP contribution in [0, 0.1) is 12.7 Å². The van der Waals surface area contributed by atoms with Crippen molar-refractivity contribution in [2.75, 3.05) is 18.5 Å². The van der Waals surface area contributed by atoms with Crippen LogP contribution >= 0.6 is 11.3 Å². The van der Waals surface area contributed by atoms with Crippen molar-refractivity contribution in [2.24, 2.45) is 0 Å². The summed E-state index contributed by atoms with van der Waals surface area (Å²) in [5.41, 5.74) is 4.86. The van der Waals surface area contributed by atoms with Gasteiger partial charge in [-0.15, -0.1) is 11.3 Å². The van der Waals surface area contributed by atoms with Crippen molar-refractivity contribution in [3.05, 3.63) is 77.4 Å². The Kier molecular flexibility index (Phi) is 10.9. The summed E-state index contributed by atoms with van der Waals surface area (Å²) in [6, 6.07) is 12.1. The summed E-state index contributed by atoms with van der Waals surface area (Å²) in [4.78, 5) is 31.9. The van der Waals surface area contributed by atoms with E-state index in [-0.39, 0.29) is 17.9 Å². The summed E-state index contributed by atoms with van der Waals surface area (Å²) in [5.74, 6) is -0.329. The summed E-state index contributed by atoms with van der Waals surface area (Å²) in [6.45, 7) is 8.93. The fourth-order valence-corrected chi connectivity index (χ4v) is 4.68. The van der Waals surface area contributed by atoms with Gasteiger partial charge in [0.15, 0.2) is 6.29 Å². The molecule has 0 atom stereocenters. The molecule has 3 aromatic heterocycles. The maximum Gasteiger partial charge on any atom is 0.319 e. The number of halogens is 1. The number of carbonyl (C=O) groups excluding carboxylic acids is 2. The van der Waals surface area contributed by atoms with E-state index in [0.29, 0.717) is 30.0 Å². The van der Waals surface area contributed by atoms with E-state index in [1.807, 2.05) is 26.1 Å². The SMILES string of the molecule is CC.CCCc1ccnc2cc(-c3ccc(C=O)cn3)sc12.Cc1ccc(NC(=O)NC2COC2)cc1F. The van der Waals surface area contributed by atoms with Gasteiger partial charge in [0.05, 0.1) is 40.0 Å². The number of thiophene rings is 1. The zero-order valence-corrected chi connectivity index (χ0v) is 22.9. The van der Waals surface area contributed by atoms with Gasteiger partial charge in [0.1, 0.15) is 5.82 Å². The normalized spacial score (nSPS) is 12.3. The molecule has 4 aromatic rings. The second kappa shape index (κ2) is 14.3. The van der Waals surface area contributed by atoms with Crippen molar-refractivity contribution in [1.29, 1.82) is 0 Å². The lowest BCUT2D eigenvalue weighted by molar-refractivity contribution is 0.000734. The molecular formula is C29H33FN4O3S. The Balaban J connectivity index is 0.000000202. The molecule has 0 saturated carbocycles. The first-order valence-electron chi connectivity index (χ1n) is 12.7. The van der Waals surface area contributed by atoms with Crippen molar-refractivity contribution in [3.63, 3.8) is 0 Å². The number of nitrogens with one attached hydrogen (secondary N) is 2. The van der Waals surface area contributed by atoms with Crippen LogP contribution in [0.4, 0.5) is 14.9 Å². The Morgan fingerprint density at radius 2 is 1.95 bits per heavy atom. The Bertz CT molecular complexity index is 1350. The predicted octanol–water partition coefficient (Wildman–Crippen LogP) is 6.80. The Morgan fingerprint density at radius 3 is 2.55 bits per heavy atom. The molecule has 1 aromatic carbocycles. The zero-order valence-electron chi connectivity index (χ0n) is 22.1. The van der Waals surface area contributed by atoms with Crippen LogP contribution < -0.4 is 10.6 Å². The third-order valence-electron chi connectivity index (χ3n) is 5.59. The number of rotatable bonds is 6. The second-order valence-corrected chi connectivity index (χ2v) is 9.49. The van der Waals surface area contributed by atoms with E-state index in [1.165, 1.54) is 16.3 Å². The Morgan fingerprint density at radius 1 is 1.16 bits per heavy atom. The molecule has 200 valence electrons. The van der Waals surface area contributed by atoms with E-state index in [1.54, 1.807) is 42.7 Å². The predicted molar refractivity (Wildman–Crippen MR) is 151 cm³/mol. The molecule has 9 heteroatoms. The van der Waals surface area contributed by atoms with Gasteiger partial charge in [-0.2, -0.15) is 0 Å². The van der Waals surface area contributed by atoms with Gasteiger partial charge in [-0.3, -0.25) is 14.8 Å². The number of pyridine rings is 2. The quantitative estimate of drug-likeness (QED) is 0.264. The molecule has 0 bridgehead atoms. The average Bonchev–Trinajstić information content (AvgIpc) is 3.36. The summed E-state index contributed by atoms with van der Waals surface area (Å²) >= 11 is 1.72. The van der Waals surface area contributed by atoms with Gasteiger partial charge in [-0.1, -0.05) is 33.3 Å². The van der Waals surface area contributed by atoms with Crippen LogP contribution in [0.15, 0.2) is 54.9 Å². The number of aromatic nitrogens is 2. The van der Waals surface area contributed by atoms with E-state index in [4.69, 9.17) is 4.74 Å². The lowest BCUT2D eigenvalue weighted by atomic mass is 10.1. The number of anilines is 1. The van der Waals surface area contributed by atoms with Gasteiger partial charge in [0.2, 0.25) is 0 Å². The van der Waals surface area contributed by atoms with Crippen LogP contribution in [0.25, 0.3) is 20.8 Å². The lowest BCUT2D eigenvalue weighted by Crippen LogP contribution is -2.49. The molecule has 38 heavy (non-hydrogen) atoms. The second-order valence-electron chi connectivity index (χ2n) is 8.44. The van der Waals surface area contributed by atoms with Crippen LogP contribution in [-0.4, -0.2) is 41.5 Å². The fraction of sp³-hybridized carbons (Fsp3) is 0.310. The summed E-state index contributed by atoms with van der Waals surface area (Å²) in [6.07, 6.45) is 6.47. The molecule has 0 spiro atoms. The largest absolute Gasteiger partial charge is 0.377 e. The monoisotopic (exact) mass is 536 g/mol. The number of aryl methyl sites for hydroxylation is 2. The maximum absolute atomic E-state index is 13.2. The highest BCUT2D eigenvalue weighted by Crippen LogP contribution is 2.33. The standard InChI is InChI=1S/C16H14N2OS.C11H13FN2O2.C2H6/c1-2-3-12-6-7-17-14-8-15(20-16(12)14)13-5-4-11(10-19)9-18-13;1-7-2-3-8(4-10(7)12)13-11(15)14-9-5-16-6-9;1-2/h4-10H,2-3H2,1H3;2-4,9H,5-6H2,1H3,(H2,13,14,15);1-2H3. The number of aldehydes is 1. The highest BCUT2D eigenvalue weighted by Gasteiger charge is 2.20. The van der Waals surface area contributed by atoms with Crippen LogP contribution in [0.1, 0.15) is 48.7 Å². The molecule has 1 aliphatic heterocycles. The van der Waals surface area contributed by atoms with Gasteiger partial charge in [-0.25, -0.2) is 9.18 Å². The van der Waals surface area contributed by atoms with Crippen LogP contribution in [0.5, 0.6) is 0 Å². The van der Waals surface area contributed by atoms with E-state index >= 15 is 0 Å². The van der Waals surface area contributed by atoms with E-state index in [9.17, 15) is 14.0 Å². The topological polar surface area (TPSA) is 93.2 Å². The molecule has 7 nitrogen and oxygen atoms in total. The average molecular weight is 537 g/mol. The van der Waals surface area contributed by atoms with E-state index < -0.39 is 0 Å².